The van der Waals surface area contributed by atoms with Crippen molar-refractivity contribution in [3.63, 3.8) is 0 Å². The van der Waals surface area contributed by atoms with Crippen LogP contribution in [-0.2, 0) is 20.9 Å². The minimum atomic E-state index is -1.15. The van der Waals surface area contributed by atoms with E-state index in [1.165, 1.54) is 11.8 Å². The Hall–Kier alpha value is -1.95. The first kappa shape index (κ1) is 20.9. The average molecular weight is 473 g/mol. The molecule has 7 heteroatoms. The molecule has 1 unspecified atom stereocenters. The summed E-state index contributed by atoms with van der Waals surface area (Å²) in [4.78, 5) is 29.8. The van der Waals surface area contributed by atoms with Crippen LogP contribution in [0.1, 0.15) is 44.4 Å². The summed E-state index contributed by atoms with van der Waals surface area (Å²) in [6.45, 7) is 8.27. The van der Waals surface area contributed by atoms with Crippen molar-refractivity contribution < 1.29 is 9.59 Å². The number of hydrogen-bond donors (Lipinski definition) is 0. The third-order valence-corrected chi connectivity index (χ3v) is 8.49. The van der Waals surface area contributed by atoms with Gasteiger partial charge in [0.15, 0.2) is 0 Å². The van der Waals surface area contributed by atoms with Crippen molar-refractivity contribution in [1.29, 1.82) is 0 Å². The summed E-state index contributed by atoms with van der Waals surface area (Å²) in [6.07, 6.45) is 2.98. The minimum Gasteiger partial charge on any atom is -0.299 e. The van der Waals surface area contributed by atoms with Crippen LogP contribution in [0.15, 0.2) is 36.4 Å². The fraction of sp³-hybridized carbons (Fsp3) is 0.333. The number of carbonyl (C=O) groups is 2. The summed E-state index contributed by atoms with van der Waals surface area (Å²) in [5.74, 6) is 0.0139. The molecule has 0 N–H and O–H groups in total. The monoisotopic (exact) mass is 472 g/mol. The quantitative estimate of drug-likeness (QED) is 0.535. The van der Waals surface area contributed by atoms with Gasteiger partial charge in [-0.3, -0.25) is 19.4 Å². The molecule has 2 aromatic carbocycles. The molecule has 4 nitrogen and oxygen atoms in total. The second kappa shape index (κ2) is 6.77. The van der Waals surface area contributed by atoms with Crippen LogP contribution in [0, 0.1) is 0 Å². The highest BCUT2D eigenvalue weighted by molar-refractivity contribution is 8.02. The maximum absolute atomic E-state index is 14.2. The Bertz CT molecular complexity index is 1210. The van der Waals surface area contributed by atoms with Gasteiger partial charge in [0.2, 0.25) is 10.8 Å². The Morgan fingerprint density at radius 2 is 1.81 bits per heavy atom. The van der Waals surface area contributed by atoms with Crippen molar-refractivity contribution in [2.45, 2.75) is 44.5 Å². The van der Waals surface area contributed by atoms with E-state index in [4.69, 9.17) is 23.2 Å². The molecule has 0 radical (unpaired) electrons. The molecule has 1 spiro atoms. The predicted molar refractivity (Wildman–Crippen MR) is 129 cm³/mol. The third-order valence-electron chi connectivity index (χ3n) is 6.36. The number of carbonyl (C=O) groups excluding carboxylic acids is 2. The summed E-state index contributed by atoms with van der Waals surface area (Å²) >= 11 is 13.8. The largest absolute Gasteiger partial charge is 0.299 e. The lowest BCUT2D eigenvalue weighted by atomic mass is 9.87. The smallest absolute Gasteiger partial charge is 0.269 e. The number of nitrogens with zero attached hydrogens (tertiary/aromatic N) is 2. The van der Waals surface area contributed by atoms with Gasteiger partial charge in [0.25, 0.3) is 5.91 Å². The number of amides is 2. The van der Waals surface area contributed by atoms with Gasteiger partial charge in [-0.1, -0.05) is 36.2 Å². The van der Waals surface area contributed by atoms with E-state index < -0.39 is 10.4 Å². The normalized spacial score (nSPS) is 23.6. The molecular formula is C24H22Cl2N2O2S. The van der Waals surface area contributed by atoms with E-state index in [0.717, 1.165) is 34.4 Å². The topological polar surface area (TPSA) is 40.6 Å². The van der Waals surface area contributed by atoms with Crippen molar-refractivity contribution in [3.05, 3.63) is 63.1 Å². The van der Waals surface area contributed by atoms with Crippen LogP contribution in [0.25, 0.3) is 5.57 Å². The van der Waals surface area contributed by atoms with Gasteiger partial charge in [-0.05, 0) is 68.7 Å². The Balaban J connectivity index is 1.83. The first-order valence-electron chi connectivity index (χ1n) is 10.3. The first-order chi connectivity index (χ1) is 14.6. The van der Waals surface area contributed by atoms with Crippen molar-refractivity contribution in [1.82, 2.24) is 0 Å². The van der Waals surface area contributed by atoms with Crippen molar-refractivity contribution in [3.8, 4) is 0 Å². The van der Waals surface area contributed by atoms with Crippen LogP contribution in [-0.4, -0.2) is 23.1 Å². The van der Waals surface area contributed by atoms with Crippen molar-refractivity contribution >= 4 is 63.7 Å². The van der Waals surface area contributed by atoms with Gasteiger partial charge >= 0.3 is 0 Å². The number of hydrogen-bond acceptors (Lipinski definition) is 3. The summed E-state index contributed by atoms with van der Waals surface area (Å²) in [5.41, 5.74) is 5.23. The molecule has 1 atom stereocenters. The molecule has 2 aromatic rings. The second-order valence-corrected chi connectivity index (χ2v) is 10.8. The molecule has 3 aliphatic heterocycles. The molecule has 3 aliphatic rings. The molecule has 1 saturated heterocycles. The molecule has 5 rings (SSSR count). The van der Waals surface area contributed by atoms with Gasteiger partial charge in [-0.15, -0.1) is 11.8 Å². The maximum atomic E-state index is 14.2. The lowest BCUT2D eigenvalue weighted by molar-refractivity contribution is -0.124. The van der Waals surface area contributed by atoms with Gasteiger partial charge in [-0.2, -0.15) is 0 Å². The first-order valence-corrected chi connectivity index (χ1v) is 12.0. The maximum Gasteiger partial charge on any atom is 0.269 e. The number of allylic oxidation sites excluding steroid dienone is 1. The average Bonchev–Trinajstić information content (AvgIpc) is 3.18. The van der Waals surface area contributed by atoms with E-state index in [2.05, 4.69) is 32.1 Å². The SMILES string of the molecule is CCc1cc2c3c(c1)C1(SCC(=O)N1c1ccc(Cl)c(Cl)c1)C(=O)N3C(C)(C)C=C2C. The number of anilines is 2. The molecule has 160 valence electrons. The highest BCUT2D eigenvalue weighted by Gasteiger charge is 2.64. The fourth-order valence-electron chi connectivity index (χ4n) is 5.06. The number of halogens is 2. The molecular weight excluding hydrogens is 451 g/mol. The van der Waals surface area contributed by atoms with Crippen molar-refractivity contribution in [2.24, 2.45) is 0 Å². The van der Waals surface area contributed by atoms with Gasteiger partial charge in [-0.25, -0.2) is 0 Å². The van der Waals surface area contributed by atoms with E-state index in [1.807, 2.05) is 18.7 Å². The third kappa shape index (κ3) is 2.69. The number of fused-ring (bicyclic) bond motifs is 1. The van der Waals surface area contributed by atoms with Gasteiger partial charge in [0, 0.05) is 16.8 Å². The Labute approximate surface area is 196 Å². The zero-order valence-electron chi connectivity index (χ0n) is 17.8. The molecule has 31 heavy (non-hydrogen) atoms. The van der Waals surface area contributed by atoms with Crippen LogP contribution >= 0.6 is 35.0 Å². The van der Waals surface area contributed by atoms with Gasteiger partial charge in [0.1, 0.15) is 0 Å². The Morgan fingerprint density at radius 3 is 2.48 bits per heavy atom. The van der Waals surface area contributed by atoms with Crippen LogP contribution in [0.3, 0.4) is 0 Å². The van der Waals surface area contributed by atoms with Crippen LogP contribution < -0.4 is 9.80 Å². The molecule has 3 heterocycles. The van der Waals surface area contributed by atoms with E-state index in [1.54, 1.807) is 23.1 Å². The van der Waals surface area contributed by atoms with E-state index >= 15 is 0 Å². The predicted octanol–water partition coefficient (Wildman–Crippen LogP) is 6.03. The minimum absolute atomic E-state index is 0.0901. The number of aryl methyl sites for hydroxylation is 1. The van der Waals surface area contributed by atoms with E-state index in [-0.39, 0.29) is 17.6 Å². The van der Waals surface area contributed by atoms with E-state index in [0.29, 0.717) is 15.7 Å². The summed E-state index contributed by atoms with van der Waals surface area (Å²) in [7, 11) is 0. The highest BCUT2D eigenvalue weighted by Crippen LogP contribution is 2.60. The molecule has 0 saturated carbocycles. The second-order valence-electron chi connectivity index (χ2n) is 8.77. The van der Waals surface area contributed by atoms with Gasteiger partial charge < -0.3 is 0 Å². The molecule has 0 aliphatic carbocycles. The molecule has 0 aromatic heterocycles. The summed E-state index contributed by atoms with van der Waals surface area (Å²) in [6, 6.07) is 9.37. The lowest BCUT2D eigenvalue weighted by Crippen LogP contribution is -2.54. The number of thioether (sulfide) groups is 1. The molecule has 0 bridgehead atoms. The summed E-state index contributed by atoms with van der Waals surface area (Å²) in [5, 5.41) is 0.764. The zero-order chi connectivity index (χ0) is 22.3. The highest BCUT2D eigenvalue weighted by atomic mass is 35.5. The van der Waals surface area contributed by atoms with E-state index in [9.17, 15) is 9.59 Å². The standard InChI is InChI=1S/C24H22Cl2N2O2S/c1-5-14-8-16-13(2)11-23(3,4)28-21(16)17(9-14)24(22(28)30)27(20(29)12-31-24)15-6-7-18(25)19(26)10-15/h6-11H,5,12H2,1-4H3. The molecule has 1 fully saturated rings. The number of rotatable bonds is 2. The Kier molecular flexibility index (Phi) is 4.57. The fourth-order valence-corrected chi connectivity index (χ4v) is 6.68. The van der Waals surface area contributed by atoms with Gasteiger partial charge in [0.05, 0.1) is 27.0 Å². The van der Waals surface area contributed by atoms with Crippen LogP contribution in [0.5, 0.6) is 0 Å². The van der Waals surface area contributed by atoms with Crippen LogP contribution in [0.4, 0.5) is 11.4 Å². The van der Waals surface area contributed by atoms with Crippen LogP contribution in [0.2, 0.25) is 10.0 Å². The summed E-state index contributed by atoms with van der Waals surface area (Å²) < 4.78 is 0. The number of benzene rings is 2. The Morgan fingerprint density at radius 1 is 1.06 bits per heavy atom. The zero-order valence-corrected chi connectivity index (χ0v) is 20.1. The molecule has 2 amide bonds. The van der Waals surface area contributed by atoms with Crippen molar-refractivity contribution in [2.75, 3.05) is 15.6 Å². The lowest BCUT2D eigenvalue weighted by Gasteiger charge is -2.40.